The van der Waals surface area contributed by atoms with Gasteiger partial charge in [-0.2, -0.15) is 0 Å². The van der Waals surface area contributed by atoms with Crippen molar-refractivity contribution >= 4 is 45.5 Å². The molecule has 1 heterocycles. The highest BCUT2D eigenvalue weighted by molar-refractivity contribution is 8.76. The third kappa shape index (κ3) is 8.80. The van der Waals surface area contributed by atoms with Crippen LogP contribution in [0, 0.1) is 0 Å². The van der Waals surface area contributed by atoms with Gasteiger partial charge in [0.2, 0.25) is 0 Å². The van der Waals surface area contributed by atoms with Crippen LogP contribution in [0.3, 0.4) is 0 Å². The van der Waals surface area contributed by atoms with Crippen molar-refractivity contribution < 1.29 is 38.9 Å². The minimum absolute atomic E-state index is 0.0914. The standard InChI is InChI=1S/C20H34N2O8S2/c1-5-6-14(23)11-21-18(27)20(2,3)22(19(21)28)12-15(24)13-30-17(26)8-10-32-31-9-7-16(25)29-4/h14-15,23-24H,5-13H2,1-4H3. The first-order chi connectivity index (χ1) is 15.0. The number of rotatable bonds is 15. The molecule has 2 N–H and O–H groups in total. The van der Waals surface area contributed by atoms with Crippen molar-refractivity contribution in [1.29, 1.82) is 0 Å². The highest BCUT2D eigenvalue weighted by Gasteiger charge is 2.51. The zero-order valence-corrected chi connectivity index (χ0v) is 20.7. The Hall–Kier alpha value is -1.50. The first kappa shape index (κ1) is 28.5. The van der Waals surface area contributed by atoms with Crippen molar-refractivity contribution in [3.63, 3.8) is 0 Å². The largest absolute Gasteiger partial charge is 0.469 e. The van der Waals surface area contributed by atoms with Crippen LogP contribution < -0.4 is 0 Å². The number of ether oxygens (including phenoxy) is 2. The van der Waals surface area contributed by atoms with Gasteiger partial charge in [-0.25, -0.2) is 4.79 Å². The summed E-state index contributed by atoms with van der Waals surface area (Å²) in [5.41, 5.74) is -1.17. The number of carbonyl (C=O) groups is 4. The van der Waals surface area contributed by atoms with Gasteiger partial charge in [-0.1, -0.05) is 34.9 Å². The fraction of sp³-hybridized carbons (Fsp3) is 0.800. The molecule has 0 saturated carbocycles. The summed E-state index contributed by atoms with van der Waals surface area (Å²) in [4.78, 5) is 50.4. The zero-order valence-electron chi connectivity index (χ0n) is 19.1. The summed E-state index contributed by atoms with van der Waals surface area (Å²) in [7, 11) is 4.21. The van der Waals surface area contributed by atoms with Gasteiger partial charge >= 0.3 is 18.0 Å². The molecule has 1 fully saturated rings. The molecule has 2 atom stereocenters. The molecule has 1 aliphatic heterocycles. The van der Waals surface area contributed by atoms with Crippen LogP contribution in [0.2, 0.25) is 0 Å². The Labute approximate surface area is 196 Å². The van der Waals surface area contributed by atoms with E-state index in [4.69, 9.17) is 4.74 Å². The molecule has 3 amide bonds. The summed E-state index contributed by atoms with van der Waals surface area (Å²) in [6, 6.07) is -0.582. The summed E-state index contributed by atoms with van der Waals surface area (Å²) in [5, 5.41) is 20.2. The van der Waals surface area contributed by atoms with Crippen molar-refractivity contribution in [3.05, 3.63) is 0 Å². The third-order valence-electron chi connectivity index (χ3n) is 4.84. The van der Waals surface area contributed by atoms with Gasteiger partial charge in [-0.15, -0.1) is 0 Å². The molecule has 12 heteroatoms. The van der Waals surface area contributed by atoms with Crippen molar-refractivity contribution in [2.75, 3.05) is 38.3 Å². The van der Waals surface area contributed by atoms with Crippen molar-refractivity contribution in [1.82, 2.24) is 9.80 Å². The van der Waals surface area contributed by atoms with Crippen LogP contribution in [0.15, 0.2) is 0 Å². The van der Waals surface area contributed by atoms with Gasteiger partial charge in [0.15, 0.2) is 0 Å². The zero-order chi connectivity index (χ0) is 24.3. The number of aliphatic hydroxyl groups is 2. The fourth-order valence-corrected chi connectivity index (χ4v) is 4.96. The number of urea groups is 1. The Balaban J connectivity index is 2.40. The number of amides is 3. The number of esters is 2. The third-order valence-corrected chi connectivity index (χ3v) is 7.25. The summed E-state index contributed by atoms with van der Waals surface area (Å²) >= 11 is 0. The molecule has 0 aliphatic carbocycles. The molecule has 0 radical (unpaired) electrons. The van der Waals surface area contributed by atoms with Crippen molar-refractivity contribution in [2.24, 2.45) is 0 Å². The number of methoxy groups -OCH3 is 1. The van der Waals surface area contributed by atoms with Gasteiger partial charge in [0.05, 0.1) is 39.1 Å². The summed E-state index contributed by atoms with van der Waals surface area (Å²) in [5.74, 6) is -0.146. The van der Waals surface area contributed by atoms with Crippen LogP contribution in [0.1, 0.15) is 46.5 Å². The first-order valence-electron chi connectivity index (χ1n) is 10.5. The van der Waals surface area contributed by atoms with Crippen molar-refractivity contribution in [3.8, 4) is 0 Å². The molecule has 0 aromatic heterocycles. The molecule has 0 aromatic rings. The lowest BCUT2D eigenvalue weighted by Gasteiger charge is -2.29. The van der Waals surface area contributed by atoms with E-state index in [2.05, 4.69) is 4.74 Å². The Kier molecular flexibility index (Phi) is 12.4. The average molecular weight is 495 g/mol. The number of aliphatic hydroxyl groups excluding tert-OH is 2. The molecule has 0 spiro atoms. The maximum Gasteiger partial charge on any atom is 0.327 e. The fourth-order valence-electron chi connectivity index (χ4n) is 3.01. The van der Waals surface area contributed by atoms with E-state index < -0.39 is 35.7 Å². The Morgan fingerprint density at radius 2 is 1.62 bits per heavy atom. The molecule has 10 nitrogen and oxygen atoms in total. The highest BCUT2D eigenvalue weighted by Crippen LogP contribution is 2.28. The van der Waals surface area contributed by atoms with E-state index in [0.717, 1.165) is 11.3 Å². The smallest absolute Gasteiger partial charge is 0.327 e. The molecule has 32 heavy (non-hydrogen) atoms. The van der Waals surface area contributed by atoms with E-state index in [1.807, 2.05) is 6.92 Å². The van der Waals surface area contributed by atoms with Gasteiger partial charge < -0.3 is 24.6 Å². The van der Waals surface area contributed by atoms with Crippen LogP contribution in [-0.2, 0) is 23.9 Å². The number of imide groups is 1. The maximum atomic E-state index is 12.7. The van der Waals surface area contributed by atoms with Crippen LogP contribution in [0.4, 0.5) is 4.79 Å². The lowest BCUT2D eigenvalue weighted by Crippen LogP contribution is -2.48. The van der Waals surface area contributed by atoms with Gasteiger partial charge in [-0.05, 0) is 20.3 Å². The minimum Gasteiger partial charge on any atom is -0.469 e. The second-order valence-corrected chi connectivity index (χ2v) is 10.6. The number of β-amino-alcohol motifs (C(OH)–C–C–N with tert-alkyl or cyclic N) is 2. The van der Waals surface area contributed by atoms with Gasteiger partial charge in [0, 0.05) is 11.5 Å². The van der Waals surface area contributed by atoms with Gasteiger partial charge in [0.25, 0.3) is 5.91 Å². The van der Waals surface area contributed by atoms with E-state index in [-0.39, 0.29) is 32.1 Å². The molecule has 0 aromatic carbocycles. The Morgan fingerprint density at radius 1 is 1.03 bits per heavy atom. The average Bonchev–Trinajstić information content (AvgIpc) is 2.89. The number of carbonyl (C=O) groups excluding carboxylic acids is 4. The van der Waals surface area contributed by atoms with Gasteiger partial charge in [0.1, 0.15) is 18.2 Å². The monoisotopic (exact) mass is 494 g/mol. The number of hydrogen-bond donors (Lipinski definition) is 2. The molecule has 1 aliphatic rings. The Morgan fingerprint density at radius 3 is 2.19 bits per heavy atom. The van der Waals surface area contributed by atoms with E-state index in [1.165, 1.54) is 33.6 Å². The second kappa shape index (κ2) is 13.9. The second-order valence-electron chi connectivity index (χ2n) is 7.87. The van der Waals surface area contributed by atoms with E-state index in [1.54, 1.807) is 13.8 Å². The normalized spacial score (nSPS) is 17.4. The molecule has 2 unspecified atom stereocenters. The van der Waals surface area contributed by atoms with Crippen LogP contribution in [-0.4, -0.2) is 99.9 Å². The number of nitrogens with zero attached hydrogens (tertiary/aromatic N) is 2. The predicted molar refractivity (Wildman–Crippen MR) is 122 cm³/mol. The molecular weight excluding hydrogens is 460 g/mol. The predicted octanol–water partition coefficient (Wildman–Crippen LogP) is 1.43. The molecular formula is C20H34N2O8S2. The molecule has 184 valence electrons. The molecule has 1 rings (SSSR count). The van der Waals surface area contributed by atoms with Crippen LogP contribution >= 0.6 is 21.6 Å². The lowest BCUT2D eigenvalue weighted by atomic mass is 10.0. The molecule has 1 saturated heterocycles. The Bertz CT molecular complexity index is 662. The first-order valence-corrected chi connectivity index (χ1v) is 13.0. The van der Waals surface area contributed by atoms with Crippen LogP contribution in [0.5, 0.6) is 0 Å². The van der Waals surface area contributed by atoms with E-state index in [0.29, 0.717) is 24.3 Å². The topological polar surface area (TPSA) is 134 Å². The van der Waals surface area contributed by atoms with E-state index >= 15 is 0 Å². The van der Waals surface area contributed by atoms with Crippen molar-refractivity contribution in [2.45, 2.75) is 64.2 Å². The van der Waals surface area contributed by atoms with E-state index in [9.17, 15) is 29.4 Å². The lowest BCUT2D eigenvalue weighted by molar-refractivity contribution is -0.146. The summed E-state index contributed by atoms with van der Waals surface area (Å²) in [6.07, 6.45) is -0.326. The SMILES string of the molecule is CCCC(O)CN1C(=O)N(CC(O)COC(=O)CCSSCCC(=O)OC)C(C)(C)C1=O. The summed E-state index contributed by atoms with van der Waals surface area (Å²) in [6.45, 7) is 4.48. The quantitative estimate of drug-likeness (QED) is 0.149. The number of hydrogen-bond acceptors (Lipinski definition) is 10. The molecule has 0 bridgehead atoms. The summed E-state index contributed by atoms with van der Waals surface area (Å²) < 4.78 is 9.61. The van der Waals surface area contributed by atoms with Gasteiger partial charge in [-0.3, -0.25) is 19.3 Å². The maximum absolute atomic E-state index is 12.7. The van der Waals surface area contributed by atoms with Crippen LogP contribution in [0.25, 0.3) is 0 Å². The highest BCUT2D eigenvalue weighted by atomic mass is 33.1. The minimum atomic E-state index is -1.17.